The Labute approximate surface area is 133 Å². The number of hydrogen-bond donors (Lipinski definition) is 0. The fourth-order valence-electron chi connectivity index (χ4n) is 3.36. The molecule has 1 aromatic heterocycles. The molecule has 2 saturated heterocycles. The van der Waals surface area contributed by atoms with Crippen LogP contribution >= 0.6 is 0 Å². The fourth-order valence-corrected chi connectivity index (χ4v) is 3.36. The average Bonchev–Trinajstić information content (AvgIpc) is 2.58. The van der Waals surface area contributed by atoms with Crippen molar-refractivity contribution in [1.82, 2.24) is 14.8 Å². The zero-order valence-corrected chi connectivity index (χ0v) is 13.5. The number of pyridine rings is 1. The van der Waals surface area contributed by atoms with Crippen LogP contribution in [0.15, 0.2) is 18.3 Å². The molecule has 122 valence electrons. The highest BCUT2D eigenvalue weighted by Crippen LogP contribution is 2.20. The lowest BCUT2D eigenvalue weighted by molar-refractivity contribution is 0.0242. The van der Waals surface area contributed by atoms with Crippen LogP contribution in [-0.4, -0.2) is 67.8 Å². The van der Waals surface area contributed by atoms with E-state index in [4.69, 9.17) is 9.47 Å². The van der Waals surface area contributed by atoms with Crippen LogP contribution in [0.1, 0.15) is 18.4 Å². The number of aromatic nitrogens is 1. The second-order valence-corrected chi connectivity index (χ2v) is 6.34. The molecule has 0 saturated carbocycles. The molecule has 0 N–H and O–H groups in total. The van der Waals surface area contributed by atoms with E-state index in [0.29, 0.717) is 5.88 Å². The van der Waals surface area contributed by atoms with E-state index in [0.717, 1.165) is 38.8 Å². The standard InChI is InChI=1S/C17H27N3O2/c1-21-17-3-2-16(12-18-17)14-19-6-4-15(5-7-19)13-20-8-10-22-11-9-20/h2-3,12,15H,4-11,13-14H2,1H3. The fraction of sp³-hybridized carbons (Fsp3) is 0.706. The van der Waals surface area contributed by atoms with Gasteiger partial charge in [0.05, 0.1) is 20.3 Å². The third-order valence-electron chi connectivity index (χ3n) is 4.74. The smallest absolute Gasteiger partial charge is 0.212 e. The van der Waals surface area contributed by atoms with Crippen LogP contribution in [0.2, 0.25) is 0 Å². The van der Waals surface area contributed by atoms with Crippen LogP contribution in [0.4, 0.5) is 0 Å². The van der Waals surface area contributed by atoms with E-state index in [-0.39, 0.29) is 0 Å². The second kappa shape index (κ2) is 7.90. The maximum absolute atomic E-state index is 5.42. The van der Waals surface area contributed by atoms with Gasteiger partial charge in [-0.3, -0.25) is 9.80 Å². The largest absolute Gasteiger partial charge is 0.481 e. The van der Waals surface area contributed by atoms with Crippen LogP contribution in [0.25, 0.3) is 0 Å². The van der Waals surface area contributed by atoms with E-state index < -0.39 is 0 Å². The average molecular weight is 305 g/mol. The topological polar surface area (TPSA) is 37.8 Å². The summed E-state index contributed by atoms with van der Waals surface area (Å²) >= 11 is 0. The molecule has 0 spiro atoms. The van der Waals surface area contributed by atoms with Crippen LogP contribution < -0.4 is 4.74 Å². The summed E-state index contributed by atoms with van der Waals surface area (Å²) in [4.78, 5) is 9.40. The summed E-state index contributed by atoms with van der Waals surface area (Å²) in [5.74, 6) is 1.54. The van der Waals surface area contributed by atoms with Crippen molar-refractivity contribution in [2.75, 3.05) is 53.0 Å². The minimum absolute atomic E-state index is 0.688. The maximum Gasteiger partial charge on any atom is 0.212 e. The van der Waals surface area contributed by atoms with Gasteiger partial charge in [0.15, 0.2) is 0 Å². The summed E-state index contributed by atoms with van der Waals surface area (Å²) in [6.45, 7) is 8.67. The summed E-state index contributed by atoms with van der Waals surface area (Å²) in [6.07, 6.45) is 4.54. The molecule has 0 amide bonds. The van der Waals surface area contributed by atoms with Gasteiger partial charge in [-0.1, -0.05) is 6.07 Å². The predicted molar refractivity (Wildman–Crippen MR) is 86.0 cm³/mol. The van der Waals surface area contributed by atoms with Crippen molar-refractivity contribution in [3.05, 3.63) is 23.9 Å². The van der Waals surface area contributed by atoms with E-state index in [1.54, 1.807) is 7.11 Å². The van der Waals surface area contributed by atoms with Crippen LogP contribution in [0, 0.1) is 5.92 Å². The lowest BCUT2D eigenvalue weighted by atomic mass is 9.95. The molecule has 22 heavy (non-hydrogen) atoms. The van der Waals surface area contributed by atoms with Crippen molar-refractivity contribution >= 4 is 0 Å². The zero-order valence-electron chi connectivity index (χ0n) is 13.5. The highest BCUT2D eigenvalue weighted by Gasteiger charge is 2.22. The van der Waals surface area contributed by atoms with Gasteiger partial charge in [-0.2, -0.15) is 0 Å². The molecule has 3 heterocycles. The molecule has 0 aliphatic carbocycles. The minimum atomic E-state index is 0.688. The minimum Gasteiger partial charge on any atom is -0.481 e. The Hall–Kier alpha value is -1.17. The van der Waals surface area contributed by atoms with E-state index >= 15 is 0 Å². The van der Waals surface area contributed by atoms with Crippen molar-refractivity contribution in [3.63, 3.8) is 0 Å². The van der Waals surface area contributed by atoms with Gasteiger partial charge in [0, 0.05) is 38.4 Å². The van der Waals surface area contributed by atoms with E-state index in [1.807, 2.05) is 12.3 Å². The number of morpholine rings is 1. The molecule has 0 bridgehead atoms. The van der Waals surface area contributed by atoms with Gasteiger partial charge in [-0.05, 0) is 37.4 Å². The Balaban J connectivity index is 1.41. The molecule has 2 fully saturated rings. The first kappa shape index (κ1) is 15.7. The molecule has 5 nitrogen and oxygen atoms in total. The number of rotatable bonds is 5. The van der Waals surface area contributed by atoms with Crippen molar-refractivity contribution < 1.29 is 9.47 Å². The molecule has 1 aromatic rings. The van der Waals surface area contributed by atoms with Gasteiger partial charge in [-0.15, -0.1) is 0 Å². The van der Waals surface area contributed by atoms with Gasteiger partial charge >= 0.3 is 0 Å². The van der Waals surface area contributed by atoms with Crippen LogP contribution in [0.3, 0.4) is 0 Å². The molecule has 2 aliphatic rings. The lowest BCUT2D eigenvalue weighted by Crippen LogP contribution is -2.42. The summed E-state index contributed by atoms with van der Waals surface area (Å²) in [6, 6.07) is 4.06. The van der Waals surface area contributed by atoms with Crippen molar-refractivity contribution in [1.29, 1.82) is 0 Å². The van der Waals surface area contributed by atoms with Gasteiger partial charge in [0.25, 0.3) is 0 Å². The first-order valence-corrected chi connectivity index (χ1v) is 8.35. The molecule has 5 heteroatoms. The van der Waals surface area contributed by atoms with E-state index in [1.165, 1.54) is 38.0 Å². The number of nitrogens with zero attached hydrogens (tertiary/aromatic N) is 3. The molecule has 0 atom stereocenters. The third-order valence-corrected chi connectivity index (χ3v) is 4.74. The highest BCUT2D eigenvalue weighted by molar-refractivity contribution is 5.17. The summed E-state index contributed by atoms with van der Waals surface area (Å²) < 4.78 is 10.5. The number of hydrogen-bond acceptors (Lipinski definition) is 5. The van der Waals surface area contributed by atoms with E-state index in [2.05, 4.69) is 20.9 Å². The Morgan fingerprint density at radius 3 is 2.55 bits per heavy atom. The first-order chi connectivity index (χ1) is 10.8. The Kier molecular flexibility index (Phi) is 5.64. The molecular weight excluding hydrogens is 278 g/mol. The van der Waals surface area contributed by atoms with Crippen molar-refractivity contribution in [2.45, 2.75) is 19.4 Å². The highest BCUT2D eigenvalue weighted by atomic mass is 16.5. The first-order valence-electron chi connectivity index (χ1n) is 8.35. The summed E-state index contributed by atoms with van der Waals surface area (Å²) in [7, 11) is 1.65. The maximum atomic E-state index is 5.42. The molecular formula is C17H27N3O2. The molecule has 0 unspecified atom stereocenters. The monoisotopic (exact) mass is 305 g/mol. The number of methoxy groups -OCH3 is 1. The predicted octanol–water partition coefficient (Wildman–Crippen LogP) is 1.63. The Bertz CT molecular complexity index is 438. The van der Waals surface area contributed by atoms with Gasteiger partial charge in [0.2, 0.25) is 5.88 Å². The summed E-state index contributed by atoms with van der Waals surface area (Å²) in [5.41, 5.74) is 1.27. The molecule has 0 aromatic carbocycles. The lowest BCUT2D eigenvalue weighted by Gasteiger charge is -2.36. The van der Waals surface area contributed by atoms with E-state index in [9.17, 15) is 0 Å². The summed E-state index contributed by atoms with van der Waals surface area (Å²) in [5, 5.41) is 0. The third kappa shape index (κ3) is 4.41. The SMILES string of the molecule is COc1ccc(CN2CCC(CN3CCOCC3)CC2)cn1. The molecule has 2 aliphatic heterocycles. The van der Waals surface area contributed by atoms with Crippen molar-refractivity contribution in [3.8, 4) is 5.88 Å². The quantitative estimate of drug-likeness (QED) is 0.827. The Morgan fingerprint density at radius 1 is 1.14 bits per heavy atom. The zero-order chi connectivity index (χ0) is 15.2. The molecule has 3 rings (SSSR count). The van der Waals surface area contributed by atoms with Gasteiger partial charge in [0.1, 0.15) is 0 Å². The molecule has 0 radical (unpaired) electrons. The second-order valence-electron chi connectivity index (χ2n) is 6.34. The van der Waals surface area contributed by atoms with Crippen molar-refractivity contribution in [2.24, 2.45) is 5.92 Å². The normalized spacial score (nSPS) is 21.9. The van der Waals surface area contributed by atoms with Crippen LogP contribution in [-0.2, 0) is 11.3 Å². The Morgan fingerprint density at radius 2 is 1.91 bits per heavy atom. The number of ether oxygens (including phenoxy) is 2. The number of piperidine rings is 1. The number of likely N-dealkylation sites (tertiary alicyclic amines) is 1. The van der Waals surface area contributed by atoms with Gasteiger partial charge in [-0.25, -0.2) is 4.98 Å². The van der Waals surface area contributed by atoms with Gasteiger partial charge < -0.3 is 9.47 Å². The van der Waals surface area contributed by atoms with Crippen LogP contribution in [0.5, 0.6) is 5.88 Å².